The highest BCUT2D eigenvalue weighted by molar-refractivity contribution is 7.80. The van der Waals surface area contributed by atoms with E-state index in [2.05, 4.69) is 33.5 Å². The van der Waals surface area contributed by atoms with Gasteiger partial charge in [0.25, 0.3) is 0 Å². The molecule has 1 aromatic carbocycles. The first-order chi connectivity index (χ1) is 21.6. The van der Waals surface area contributed by atoms with Gasteiger partial charge in [-0.2, -0.15) is 13.2 Å². The van der Waals surface area contributed by atoms with Gasteiger partial charge in [-0.05, 0) is 70.8 Å². The SMILES string of the molecule is CC(=O)OCCCCCN=C=S.CCCCCCOC(C)=O.CCOS(=O)(=O)[O-].CCn1c(C(F)(F)F)[n+](CC)c2ccccc21. The maximum absolute atomic E-state index is 13.1. The minimum Gasteiger partial charge on any atom is -0.726 e. The second-order valence-corrected chi connectivity index (χ2v) is 10.6. The van der Waals surface area contributed by atoms with Gasteiger partial charge in [-0.3, -0.25) is 13.8 Å². The monoisotopic (exact) mass is 699 g/mol. The predicted molar refractivity (Wildman–Crippen MR) is 171 cm³/mol. The Hall–Kier alpha value is -2.91. The highest BCUT2D eigenvalue weighted by Gasteiger charge is 2.46. The zero-order valence-electron chi connectivity index (χ0n) is 27.6. The van der Waals surface area contributed by atoms with Crippen LogP contribution < -0.4 is 4.57 Å². The third-order valence-corrected chi connectivity index (χ3v) is 6.36. The first-order valence-electron chi connectivity index (χ1n) is 15.1. The predicted octanol–water partition coefficient (Wildman–Crippen LogP) is 6.42. The van der Waals surface area contributed by atoms with Crippen molar-refractivity contribution < 1.29 is 54.0 Å². The second-order valence-electron chi connectivity index (χ2n) is 9.39. The van der Waals surface area contributed by atoms with Crippen LogP contribution in [0.2, 0.25) is 0 Å². The van der Waals surface area contributed by atoms with Gasteiger partial charge in [0, 0.05) is 20.4 Å². The molecule has 1 heterocycles. The third-order valence-electron chi connectivity index (χ3n) is 5.71. The number of unbranched alkanes of at least 4 members (excludes halogenated alkanes) is 5. The average molecular weight is 700 g/mol. The lowest BCUT2D eigenvalue weighted by atomic mass is 10.2. The second kappa shape index (κ2) is 26.2. The largest absolute Gasteiger partial charge is 0.726 e. The molecule has 46 heavy (non-hydrogen) atoms. The number of ether oxygens (including phenoxy) is 2. The van der Waals surface area contributed by atoms with E-state index in [4.69, 9.17) is 9.47 Å². The number of aryl methyl sites for hydroxylation is 2. The molecule has 16 heteroatoms. The van der Waals surface area contributed by atoms with Gasteiger partial charge in [-0.1, -0.05) is 38.3 Å². The molecule has 0 aliphatic carbocycles. The number of nitrogens with zero attached hydrogens (tertiary/aromatic N) is 3. The van der Waals surface area contributed by atoms with Gasteiger partial charge >= 0.3 is 23.9 Å². The minimum atomic E-state index is -4.42. The van der Waals surface area contributed by atoms with Crippen LogP contribution >= 0.6 is 12.2 Å². The number of aliphatic imine (C=N–C) groups is 1. The van der Waals surface area contributed by atoms with E-state index in [-0.39, 0.29) is 18.5 Å². The van der Waals surface area contributed by atoms with Crippen molar-refractivity contribution in [1.29, 1.82) is 0 Å². The number of rotatable bonds is 15. The molecule has 0 amide bonds. The smallest absolute Gasteiger partial charge is 0.495 e. The zero-order chi connectivity index (χ0) is 35.6. The molecule has 2 aromatic rings. The molecule has 0 radical (unpaired) electrons. The molecule has 0 saturated heterocycles. The number of isothiocyanates is 1. The first-order valence-corrected chi connectivity index (χ1v) is 16.8. The quantitative estimate of drug-likeness (QED) is 0.0392. The summed E-state index contributed by atoms with van der Waals surface area (Å²) in [6.07, 6.45) is 3.19. The van der Waals surface area contributed by atoms with Crippen molar-refractivity contribution in [3.63, 3.8) is 0 Å². The van der Waals surface area contributed by atoms with Crippen molar-refractivity contribution in [3.8, 4) is 0 Å². The zero-order valence-corrected chi connectivity index (χ0v) is 29.2. The fourth-order valence-corrected chi connectivity index (χ4v) is 4.24. The maximum Gasteiger partial charge on any atom is 0.495 e. The summed E-state index contributed by atoms with van der Waals surface area (Å²) in [5, 5.41) is 2.30. The number of para-hydroxylation sites is 2. The Kier molecular flexibility index (Phi) is 25.7. The van der Waals surface area contributed by atoms with Crippen LogP contribution in [0, 0.1) is 0 Å². The van der Waals surface area contributed by atoms with E-state index in [1.165, 1.54) is 49.2 Å². The molecule has 0 aliphatic heterocycles. The molecule has 0 spiro atoms. The normalized spacial score (nSPS) is 10.7. The first kappa shape index (κ1) is 45.2. The molecular formula is C30H48F3N3O8S2. The lowest BCUT2D eigenvalue weighted by molar-refractivity contribution is -0.688. The molecule has 264 valence electrons. The van der Waals surface area contributed by atoms with Crippen LogP contribution in [0.15, 0.2) is 29.3 Å². The summed E-state index contributed by atoms with van der Waals surface area (Å²) in [4.78, 5) is 24.3. The molecule has 0 bridgehead atoms. The van der Waals surface area contributed by atoms with Crippen molar-refractivity contribution in [2.24, 2.45) is 4.99 Å². The molecule has 1 aromatic heterocycles. The minimum absolute atomic E-state index is 0.0914. The third kappa shape index (κ3) is 22.6. The lowest BCUT2D eigenvalue weighted by Crippen LogP contribution is -2.41. The van der Waals surface area contributed by atoms with Gasteiger partial charge in [0.15, 0.2) is 11.0 Å². The topological polar surface area (TPSA) is 140 Å². The van der Waals surface area contributed by atoms with Gasteiger partial charge in [-0.15, -0.1) is 0 Å². The van der Waals surface area contributed by atoms with E-state index in [1.807, 2.05) is 0 Å². The number of thiocarbonyl (C=S) groups is 1. The number of esters is 2. The van der Waals surface area contributed by atoms with Crippen LogP contribution in [0.5, 0.6) is 0 Å². The Balaban J connectivity index is 0. The van der Waals surface area contributed by atoms with Crippen LogP contribution in [0.25, 0.3) is 11.0 Å². The summed E-state index contributed by atoms with van der Waals surface area (Å²) in [5.74, 6) is -0.966. The number of imidazole rings is 1. The van der Waals surface area contributed by atoms with E-state index in [0.717, 1.165) is 32.2 Å². The standard InChI is InChI=1S/C12H14F3N2.C8H13NO2S.C8H16O2.C2H6O4S/c1-3-16-9-7-5-6-8-10(9)17(4-2)11(16)12(13,14)15;1-8(10)11-6-4-2-3-5-9-7-12;1-3-4-5-6-7-10-8(2)9;1-2-6-7(3,4)5/h5-8H,3-4H2,1-2H3;2-6H2,1H3;3-7H2,1-2H3;2H2,1H3,(H,3,4,5)/q+1;;;/p-1. The average Bonchev–Trinajstić information content (AvgIpc) is 3.31. The number of fused-ring (bicyclic) bond motifs is 1. The van der Waals surface area contributed by atoms with Crippen molar-refractivity contribution in [1.82, 2.24) is 4.57 Å². The van der Waals surface area contributed by atoms with Crippen LogP contribution in [-0.2, 0) is 52.9 Å². The van der Waals surface area contributed by atoms with E-state index in [9.17, 15) is 35.7 Å². The lowest BCUT2D eigenvalue weighted by Gasteiger charge is -2.05. The Morgan fingerprint density at radius 2 is 1.50 bits per heavy atom. The number of hydrogen-bond donors (Lipinski definition) is 0. The van der Waals surface area contributed by atoms with Crippen molar-refractivity contribution >= 4 is 50.8 Å². The van der Waals surface area contributed by atoms with Gasteiger partial charge in [0.1, 0.15) is 0 Å². The Morgan fingerprint density at radius 1 is 0.957 bits per heavy atom. The number of aromatic nitrogens is 2. The van der Waals surface area contributed by atoms with Gasteiger partial charge in [0.2, 0.25) is 10.4 Å². The van der Waals surface area contributed by atoms with Gasteiger partial charge in [-0.25, -0.2) is 22.5 Å². The number of alkyl halides is 3. The van der Waals surface area contributed by atoms with E-state index < -0.39 is 22.4 Å². The summed E-state index contributed by atoms with van der Waals surface area (Å²) in [5.41, 5.74) is 1.26. The number of carbonyl (C=O) groups is 2. The fraction of sp³-hybridized carbons (Fsp3) is 0.667. The number of halogens is 3. The van der Waals surface area contributed by atoms with Crippen LogP contribution in [0.1, 0.15) is 92.3 Å². The summed E-state index contributed by atoms with van der Waals surface area (Å²) in [6, 6.07) is 6.96. The van der Waals surface area contributed by atoms with E-state index >= 15 is 0 Å². The molecular weight excluding hydrogens is 651 g/mol. The molecule has 0 atom stereocenters. The van der Waals surface area contributed by atoms with Gasteiger partial charge in [0.05, 0.1) is 38.1 Å². The molecule has 0 fully saturated rings. The van der Waals surface area contributed by atoms with Crippen LogP contribution in [-0.4, -0.2) is 61.0 Å². The van der Waals surface area contributed by atoms with Crippen molar-refractivity contribution in [2.45, 2.75) is 106 Å². The van der Waals surface area contributed by atoms with E-state index in [0.29, 0.717) is 37.3 Å². The molecule has 0 N–H and O–H groups in total. The van der Waals surface area contributed by atoms with Crippen LogP contribution in [0.3, 0.4) is 0 Å². The molecule has 11 nitrogen and oxygen atoms in total. The summed E-state index contributed by atoms with van der Waals surface area (Å²) in [7, 11) is -4.42. The van der Waals surface area contributed by atoms with Gasteiger partial charge < -0.3 is 14.0 Å². The number of carbonyl (C=O) groups excluding carboxylic acids is 2. The Labute approximate surface area is 276 Å². The summed E-state index contributed by atoms with van der Waals surface area (Å²) < 4.78 is 83.4. The highest BCUT2D eigenvalue weighted by Crippen LogP contribution is 2.30. The molecule has 0 unspecified atom stereocenters. The fourth-order valence-electron chi connectivity index (χ4n) is 3.86. The summed E-state index contributed by atoms with van der Waals surface area (Å²) in [6.45, 7) is 12.2. The van der Waals surface area contributed by atoms with Crippen molar-refractivity contribution in [2.75, 3.05) is 26.4 Å². The van der Waals surface area contributed by atoms with Crippen molar-refractivity contribution in [3.05, 3.63) is 30.1 Å². The highest BCUT2D eigenvalue weighted by atomic mass is 32.3. The number of hydrogen-bond acceptors (Lipinski definition) is 10. The maximum atomic E-state index is 13.1. The Morgan fingerprint density at radius 3 is 1.89 bits per heavy atom. The number of benzene rings is 1. The molecule has 2 rings (SSSR count). The molecule has 0 saturated carbocycles. The summed E-state index contributed by atoms with van der Waals surface area (Å²) >= 11 is 4.40. The Bertz CT molecular complexity index is 1250. The molecule has 0 aliphatic rings. The van der Waals surface area contributed by atoms with Crippen LogP contribution in [0.4, 0.5) is 13.2 Å². The van der Waals surface area contributed by atoms with E-state index in [1.54, 1.807) is 38.1 Å².